The molecule has 1 aliphatic rings. The van der Waals surface area contributed by atoms with Crippen LogP contribution < -0.4 is 16.2 Å². The van der Waals surface area contributed by atoms with Crippen molar-refractivity contribution in [2.75, 3.05) is 6.54 Å². The standard InChI is InChI=1S/C21H28N4O5/c1-14(2)13-17(19(27)23-25-18(26)11-12-22-21(25)29)16(20(28)24-30)10-6-9-15-7-4-3-5-8-15/h3-9,14,16-17,30H,10-13H2,1-2H3,(H,22,29)(H,23,27)(H,24,28)/t16-,17-/m0/s1. The lowest BCUT2D eigenvalue weighted by Crippen LogP contribution is -2.59. The third-order valence-corrected chi connectivity index (χ3v) is 4.78. The summed E-state index contributed by atoms with van der Waals surface area (Å²) < 4.78 is 0. The average molecular weight is 416 g/mol. The van der Waals surface area contributed by atoms with E-state index in [0.29, 0.717) is 11.4 Å². The third kappa shape index (κ3) is 6.41. The summed E-state index contributed by atoms with van der Waals surface area (Å²) in [6.45, 7) is 4.00. The van der Waals surface area contributed by atoms with E-state index in [1.54, 1.807) is 11.6 Å². The van der Waals surface area contributed by atoms with E-state index in [0.717, 1.165) is 5.56 Å². The molecule has 1 aliphatic heterocycles. The zero-order valence-corrected chi connectivity index (χ0v) is 17.1. The fourth-order valence-corrected chi connectivity index (χ4v) is 3.30. The van der Waals surface area contributed by atoms with Crippen molar-refractivity contribution in [3.05, 3.63) is 42.0 Å². The summed E-state index contributed by atoms with van der Waals surface area (Å²) in [4.78, 5) is 49.2. The smallest absolute Gasteiger partial charge is 0.336 e. The van der Waals surface area contributed by atoms with E-state index in [9.17, 15) is 24.4 Å². The van der Waals surface area contributed by atoms with Crippen LogP contribution in [0.1, 0.15) is 38.7 Å². The molecule has 0 unspecified atom stereocenters. The number of rotatable bonds is 9. The number of hydroxylamine groups is 1. The summed E-state index contributed by atoms with van der Waals surface area (Å²) in [6.07, 6.45) is 4.17. The lowest BCUT2D eigenvalue weighted by atomic mass is 9.82. The number of carbonyl (C=O) groups is 4. The molecule has 2 atom stereocenters. The van der Waals surface area contributed by atoms with Crippen LogP contribution in [0, 0.1) is 17.8 Å². The summed E-state index contributed by atoms with van der Waals surface area (Å²) in [7, 11) is 0. The summed E-state index contributed by atoms with van der Waals surface area (Å²) in [5.74, 6) is -3.56. The Hall–Kier alpha value is -3.20. The minimum Gasteiger partial charge on any atom is -0.336 e. The minimum atomic E-state index is -0.889. The zero-order chi connectivity index (χ0) is 22.1. The van der Waals surface area contributed by atoms with Gasteiger partial charge in [0, 0.05) is 13.0 Å². The maximum absolute atomic E-state index is 13.0. The molecule has 1 fully saturated rings. The quantitative estimate of drug-likeness (QED) is 0.361. The van der Waals surface area contributed by atoms with E-state index >= 15 is 0 Å². The summed E-state index contributed by atoms with van der Waals surface area (Å²) in [6, 6.07) is 8.74. The number of benzene rings is 1. The van der Waals surface area contributed by atoms with Gasteiger partial charge in [-0.3, -0.25) is 25.0 Å². The van der Waals surface area contributed by atoms with Crippen LogP contribution in [-0.2, 0) is 14.4 Å². The summed E-state index contributed by atoms with van der Waals surface area (Å²) in [5, 5.41) is 12.3. The highest BCUT2D eigenvalue weighted by atomic mass is 16.5. The molecule has 9 nitrogen and oxygen atoms in total. The molecule has 1 aromatic carbocycles. The number of amides is 5. The molecule has 0 bridgehead atoms. The van der Waals surface area contributed by atoms with Crippen molar-refractivity contribution in [2.24, 2.45) is 17.8 Å². The van der Waals surface area contributed by atoms with Gasteiger partial charge in [0.2, 0.25) is 11.8 Å². The summed E-state index contributed by atoms with van der Waals surface area (Å²) in [5.41, 5.74) is 4.90. The van der Waals surface area contributed by atoms with Gasteiger partial charge in [0.1, 0.15) is 0 Å². The first kappa shape index (κ1) is 23.1. The molecule has 0 spiro atoms. The normalized spacial score (nSPS) is 16.3. The number of nitrogens with one attached hydrogen (secondary N) is 3. The highest BCUT2D eigenvalue weighted by Gasteiger charge is 2.36. The molecule has 30 heavy (non-hydrogen) atoms. The molecule has 5 amide bonds. The molecule has 162 valence electrons. The lowest BCUT2D eigenvalue weighted by Gasteiger charge is -2.30. The molecule has 0 radical (unpaired) electrons. The van der Waals surface area contributed by atoms with Gasteiger partial charge in [-0.15, -0.1) is 0 Å². The van der Waals surface area contributed by atoms with Crippen LogP contribution in [0.4, 0.5) is 4.79 Å². The van der Waals surface area contributed by atoms with Gasteiger partial charge in [0.05, 0.1) is 11.8 Å². The fourth-order valence-electron chi connectivity index (χ4n) is 3.30. The zero-order valence-electron chi connectivity index (χ0n) is 17.1. The van der Waals surface area contributed by atoms with Crippen LogP contribution in [-0.4, -0.2) is 40.5 Å². The second kappa shape index (κ2) is 11.1. The molecule has 2 rings (SSSR count). The Kier molecular flexibility index (Phi) is 8.54. The maximum atomic E-state index is 13.0. The molecule has 0 aliphatic carbocycles. The molecule has 9 heteroatoms. The Morgan fingerprint density at radius 1 is 1.17 bits per heavy atom. The fraction of sp³-hybridized carbons (Fsp3) is 0.429. The molecule has 0 saturated carbocycles. The molecule has 1 saturated heterocycles. The highest BCUT2D eigenvalue weighted by molar-refractivity contribution is 5.99. The number of carbonyl (C=O) groups excluding carboxylic acids is 4. The van der Waals surface area contributed by atoms with Crippen LogP contribution in [0.5, 0.6) is 0 Å². The number of imide groups is 1. The predicted octanol–water partition coefficient (Wildman–Crippen LogP) is 1.85. The molecule has 1 heterocycles. The summed E-state index contributed by atoms with van der Waals surface area (Å²) >= 11 is 0. The van der Waals surface area contributed by atoms with Crippen molar-refractivity contribution in [1.82, 2.24) is 21.2 Å². The van der Waals surface area contributed by atoms with E-state index < -0.39 is 35.6 Å². The maximum Gasteiger partial charge on any atom is 0.343 e. The number of hydrogen-bond donors (Lipinski definition) is 4. The van der Waals surface area contributed by atoms with Crippen LogP contribution in [0.15, 0.2) is 36.4 Å². The Labute approximate surface area is 175 Å². The number of urea groups is 1. The molecule has 0 aromatic heterocycles. The number of hydrazine groups is 1. The predicted molar refractivity (Wildman–Crippen MR) is 109 cm³/mol. The van der Waals surface area contributed by atoms with E-state index in [-0.39, 0.29) is 25.3 Å². The lowest BCUT2D eigenvalue weighted by molar-refractivity contribution is -0.145. The van der Waals surface area contributed by atoms with Crippen LogP contribution in [0.2, 0.25) is 0 Å². The first-order valence-electron chi connectivity index (χ1n) is 9.90. The number of nitrogens with zero attached hydrogens (tertiary/aromatic N) is 1. The molecule has 4 N–H and O–H groups in total. The van der Waals surface area contributed by atoms with Crippen LogP contribution in [0.25, 0.3) is 6.08 Å². The van der Waals surface area contributed by atoms with Gasteiger partial charge in [0.15, 0.2) is 0 Å². The van der Waals surface area contributed by atoms with Crippen molar-refractivity contribution >= 4 is 29.8 Å². The van der Waals surface area contributed by atoms with Gasteiger partial charge in [-0.1, -0.05) is 56.3 Å². The van der Waals surface area contributed by atoms with Crippen molar-refractivity contribution < 1.29 is 24.4 Å². The van der Waals surface area contributed by atoms with Gasteiger partial charge in [-0.25, -0.2) is 10.3 Å². The Bertz CT molecular complexity index is 778. The van der Waals surface area contributed by atoms with E-state index in [1.807, 2.05) is 50.3 Å². The second-order valence-corrected chi connectivity index (χ2v) is 7.55. The van der Waals surface area contributed by atoms with Crippen molar-refractivity contribution in [3.63, 3.8) is 0 Å². The highest BCUT2D eigenvalue weighted by Crippen LogP contribution is 2.25. The van der Waals surface area contributed by atoms with Gasteiger partial charge >= 0.3 is 6.03 Å². The molecular formula is C21H28N4O5. The first-order valence-corrected chi connectivity index (χ1v) is 9.90. The Morgan fingerprint density at radius 3 is 2.47 bits per heavy atom. The minimum absolute atomic E-state index is 0.0544. The van der Waals surface area contributed by atoms with Crippen LogP contribution in [0.3, 0.4) is 0 Å². The van der Waals surface area contributed by atoms with Gasteiger partial charge in [0.25, 0.3) is 5.91 Å². The first-order chi connectivity index (χ1) is 14.3. The third-order valence-electron chi connectivity index (χ3n) is 4.78. The molecule has 1 aromatic rings. The van der Waals surface area contributed by atoms with Crippen molar-refractivity contribution in [3.8, 4) is 0 Å². The number of allylic oxidation sites excluding steroid dienone is 1. The van der Waals surface area contributed by atoms with E-state index in [2.05, 4.69) is 10.7 Å². The van der Waals surface area contributed by atoms with Gasteiger partial charge in [-0.05, 0) is 24.3 Å². The van der Waals surface area contributed by atoms with Crippen LogP contribution >= 0.6 is 0 Å². The van der Waals surface area contributed by atoms with E-state index in [4.69, 9.17) is 0 Å². The van der Waals surface area contributed by atoms with Gasteiger partial charge in [-0.2, -0.15) is 5.01 Å². The molecular weight excluding hydrogens is 388 g/mol. The monoisotopic (exact) mass is 416 g/mol. The number of hydrogen-bond acceptors (Lipinski definition) is 5. The van der Waals surface area contributed by atoms with Gasteiger partial charge < -0.3 is 5.32 Å². The van der Waals surface area contributed by atoms with E-state index in [1.165, 1.54) is 0 Å². The largest absolute Gasteiger partial charge is 0.343 e. The second-order valence-electron chi connectivity index (χ2n) is 7.55. The van der Waals surface area contributed by atoms with Crippen molar-refractivity contribution in [1.29, 1.82) is 0 Å². The SMILES string of the molecule is CC(C)C[C@H](C(=O)NN1C(=O)CCNC1=O)[C@H](CC=Cc1ccccc1)C(=O)NO. The average Bonchev–Trinajstić information content (AvgIpc) is 2.72. The Morgan fingerprint density at radius 2 is 1.87 bits per heavy atom. The Balaban J connectivity index is 2.20. The topological polar surface area (TPSA) is 128 Å². The van der Waals surface area contributed by atoms with Crippen molar-refractivity contribution in [2.45, 2.75) is 33.1 Å².